The maximum atomic E-state index is 11.8. The van der Waals surface area contributed by atoms with Gasteiger partial charge in [-0.05, 0) is 19.8 Å². The third-order valence-electron chi connectivity index (χ3n) is 3.34. The molecule has 0 spiro atoms. The Morgan fingerprint density at radius 3 is 2.63 bits per heavy atom. The van der Waals surface area contributed by atoms with Crippen LogP contribution in [0.4, 0.5) is 0 Å². The van der Waals surface area contributed by atoms with E-state index in [4.69, 9.17) is 5.11 Å². The van der Waals surface area contributed by atoms with Crippen LogP contribution in [0, 0.1) is 6.92 Å². The summed E-state index contributed by atoms with van der Waals surface area (Å²) in [5.41, 5.74) is 0.678. The highest BCUT2D eigenvalue weighted by atomic mass is 32.2. The summed E-state index contributed by atoms with van der Waals surface area (Å²) < 4.78 is 25.1. The molecule has 2 rings (SSSR count). The number of hydrogen-bond acceptors (Lipinski definition) is 4. The minimum Gasteiger partial charge on any atom is -0.395 e. The molecule has 1 heterocycles. The van der Waals surface area contributed by atoms with Gasteiger partial charge in [0.25, 0.3) is 5.56 Å². The van der Waals surface area contributed by atoms with E-state index in [2.05, 4.69) is 5.10 Å². The number of sulfone groups is 1. The lowest BCUT2D eigenvalue weighted by atomic mass is 10.0. The number of aromatic amines is 1. The number of nitrogens with zero attached hydrogens (tertiary/aromatic N) is 1. The molecule has 0 amide bonds. The topological polar surface area (TPSA) is 92.2 Å². The van der Waals surface area contributed by atoms with Crippen LogP contribution >= 0.6 is 0 Å². The van der Waals surface area contributed by atoms with Crippen LogP contribution in [0.5, 0.6) is 0 Å². The van der Waals surface area contributed by atoms with Gasteiger partial charge in [0.2, 0.25) is 0 Å². The van der Waals surface area contributed by atoms with Crippen molar-refractivity contribution in [3.05, 3.63) is 34.3 Å². The molecule has 1 aromatic rings. The van der Waals surface area contributed by atoms with E-state index in [9.17, 15) is 13.2 Å². The number of allylic oxidation sites excluding steroid dienone is 1. The largest absolute Gasteiger partial charge is 0.395 e. The highest BCUT2D eigenvalue weighted by Crippen LogP contribution is 2.25. The third-order valence-corrected chi connectivity index (χ3v) is 5.40. The fraction of sp³-hybridized carbons (Fsp3) is 0.583. The first-order valence-electron chi connectivity index (χ1n) is 6.23. The van der Waals surface area contributed by atoms with Gasteiger partial charge in [0.15, 0.2) is 9.84 Å². The molecule has 7 heteroatoms. The predicted molar refractivity (Wildman–Crippen MR) is 71.9 cm³/mol. The number of aliphatic hydroxyl groups excluding tert-OH is 1. The van der Waals surface area contributed by atoms with Crippen LogP contribution in [-0.4, -0.2) is 40.9 Å². The molecule has 106 valence electrons. The zero-order valence-corrected chi connectivity index (χ0v) is 11.6. The zero-order chi connectivity index (χ0) is 14.0. The average molecular weight is 286 g/mol. The Bertz CT molecular complexity index is 626. The number of rotatable bonds is 4. The van der Waals surface area contributed by atoms with Crippen LogP contribution in [0.2, 0.25) is 0 Å². The second-order valence-electron chi connectivity index (χ2n) is 4.81. The lowest BCUT2D eigenvalue weighted by Gasteiger charge is -2.23. The molecular formula is C12H18N2O4S. The number of aryl methyl sites for hydroxylation is 1. The Kier molecular flexibility index (Phi) is 3.96. The van der Waals surface area contributed by atoms with Gasteiger partial charge < -0.3 is 5.11 Å². The smallest absolute Gasteiger partial charge is 0.267 e. The van der Waals surface area contributed by atoms with Crippen LogP contribution < -0.4 is 5.56 Å². The van der Waals surface area contributed by atoms with E-state index in [0.29, 0.717) is 12.8 Å². The summed E-state index contributed by atoms with van der Waals surface area (Å²) in [5, 5.41) is 11.2. The first-order chi connectivity index (χ1) is 8.94. The normalized spacial score (nSPS) is 23.7. The molecule has 0 saturated carbocycles. The fourth-order valence-electron chi connectivity index (χ4n) is 2.35. The highest BCUT2D eigenvalue weighted by molar-refractivity contribution is 7.92. The summed E-state index contributed by atoms with van der Waals surface area (Å²) in [4.78, 5) is 11.7. The summed E-state index contributed by atoms with van der Waals surface area (Å²) in [6.45, 7) is 1.45. The maximum absolute atomic E-state index is 11.8. The van der Waals surface area contributed by atoms with Crippen LogP contribution in [-0.2, 0) is 9.84 Å². The summed E-state index contributed by atoms with van der Waals surface area (Å²) in [6.07, 6.45) is 4.43. The van der Waals surface area contributed by atoms with Crippen molar-refractivity contribution in [3.63, 3.8) is 0 Å². The van der Waals surface area contributed by atoms with E-state index in [1.807, 2.05) is 0 Å². The van der Waals surface area contributed by atoms with Crippen LogP contribution in [0.25, 0.3) is 0 Å². The molecule has 6 nitrogen and oxygen atoms in total. The maximum Gasteiger partial charge on any atom is 0.267 e. The number of nitrogens with one attached hydrogen (secondary N) is 1. The van der Waals surface area contributed by atoms with Crippen molar-refractivity contribution >= 4 is 9.84 Å². The Labute approximate surface area is 111 Å². The first kappa shape index (κ1) is 14.1. The lowest BCUT2D eigenvalue weighted by Crippen LogP contribution is -2.30. The molecule has 2 atom stereocenters. The van der Waals surface area contributed by atoms with E-state index >= 15 is 0 Å². The minimum atomic E-state index is -3.28. The third kappa shape index (κ3) is 2.98. The van der Waals surface area contributed by atoms with Gasteiger partial charge in [-0.2, -0.15) is 0 Å². The van der Waals surface area contributed by atoms with Crippen molar-refractivity contribution in [2.75, 3.05) is 12.4 Å². The Hall–Kier alpha value is -1.34. The van der Waals surface area contributed by atoms with E-state index in [1.165, 1.54) is 10.7 Å². The molecule has 0 unspecified atom stereocenters. The van der Waals surface area contributed by atoms with Crippen molar-refractivity contribution in [1.29, 1.82) is 0 Å². The van der Waals surface area contributed by atoms with Gasteiger partial charge in [0, 0.05) is 11.8 Å². The lowest BCUT2D eigenvalue weighted by molar-refractivity contribution is 0.319. The molecule has 1 aliphatic carbocycles. The molecule has 0 saturated heterocycles. The van der Waals surface area contributed by atoms with E-state index in [-0.39, 0.29) is 24.0 Å². The van der Waals surface area contributed by atoms with E-state index in [0.717, 1.165) is 5.69 Å². The summed E-state index contributed by atoms with van der Waals surface area (Å²) >= 11 is 0. The second kappa shape index (κ2) is 5.34. The van der Waals surface area contributed by atoms with Crippen molar-refractivity contribution in [3.8, 4) is 0 Å². The SMILES string of the molecule is Cc1cc(=O)n([C@@H]2C=C[C@@H](S(=O)(=O)CCO)CC2)[nH]1. The van der Waals surface area contributed by atoms with Crippen LogP contribution in [0.1, 0.15) is 24.6 Å². The fourth-order valence-corrected chi connectivity index (χ4v) is 3.73. The summed E-state index contributed by atoms with van der Waals surface area (Å²) in [5.74, 6) is -0.214. The van der Waals surface area contributed by atoms with Gasteiger partial charge in [0.05, 0.1) is 23.7 Å². The van der Waals surface area contributed by atoms with Crippen molar-refractivity contribution in [2.24, 2.45) is 0 Å². The Balaban J connectivity index is 2.17. The van der Waals surface area contributed by atoms with Gasteiger partial charge in [-0.25, -0.2) is 13.1 Å². The molecular weight excluding hydrogens is 268 g/mol. The van der Waals surface area contributed by atoms with Crippen molar-refractivity contribution < 1.29 is 13.5 Å². The van der Waals surface area contributed by atoms with Gasteiger partial charge in [-0.1, -0.05) is 12.2 Å². The standard InChI is InChI=1S/C12H18N2O4S/c1-9-8-12(16)14(13-9)10-2-4-11(5-3-10)19(17,18)7-6-15/h2,4,8,10-11,13,15H,3,5-7H2,1H3/t10-,11-/m1/s1. The van der Waals surface area contributed by atoms with Gasteiger partial charge in [-0.3, -0.25) is 9.89 Å². The average Bonchev–Trinajstić information content (AvgIpc) is 2.68. The number of aromatic nitrogens is 2. The van der Waals surface area contributed by atoms with Crippen LogP contribution in [0.15, 0.2) is 23.0 Å². The molecule has 19 heavy (non-hydrogen) atoms. The van der Waals surface area contributed by atoms with Gasteiger partial charge in [-0.15, -0.1) is 0 Å². The minimum absolute atomic E-state index is 0.108. The number of aliphatic hydroxyl groups is 1. The summed E-state index contributed by atoms with van der Waals surface area (Å²) in [6, 6.07) is 1.39. The molecule has 0 fully saturated rings. The van der Waals surface area contributed by atoms with E-state index < -0.39 is 15.1 Å². The monoisotopic (exact) mass is 286 g/mol. The quantitative estimate of drug-likeness (QED) is 0.771. The molecule has 2 N–H and O–H groups in total. The summed E-state index contributed by atoms with van der Waals surface area (Å²) in [7, 11) is -3.28. The Morgan fingerprint density at radius 1 is 1.42 bits per heavy atom. The first-order valence-corrected chi connectivity index (χ1v) is 7.94. The Morgan fingerprint density at radius 2 is 2.16 bits per heavy atom. The molecule has 1 aliphatic rings. The molecule has 0 aliphatic heterocycles. The van der Waals surface area contributed by atoms with Gasteiger partial charge >= 0.3 is 0 Å². The predicted octanol–water partition coefficient (Wildman–Crippen LogP) is 0.152. The van der Waals surface area contributed by atoms with Crippen LogP contribution in [0.3, 0.4) is 0 Å². The van der Waals surface area contributed by atoms with Crippen molar-refractivity contribution in [1.82, 2.24) is 9.78 Å². The molecule has 0 bridgehead atoms. The molecule has 0 aromatic carbocycles. The number of hydrogen-bond donors (Lipinski definition) is 2. The van der Waals surface area contributed by atoms with Crippen molar-refractivity contribution in [2.45, 2.75) is 31.1 Å². The zero-order valence-electron chi connectivity index (χ0n) is 10.7. The van der Waals surface area contributed by atoms with E-state index in [1.54, 1.807) is 19.1 Å². The number of H-pyrrole nitrogens is 1. The second-order valence-corrected chi connectivity index (χ2v) is 7.15. The molecule has 1 aromatic heterocycles. The molecule has 0 radical (unpaired) electrons. The van der Waals surface area contributed by atoms with Gasteiger partial charge in [0.1, 0.15) is 0 Å². The highest BCUT2D eigenvalue weighted by Gasteiger charge is 2.27.